The number of allylic oxidation sites excluding steroid dienone is 1. The number of fused-ring (bicyclic) bond motifs is 9. The predicted octanol–water partition coefficient (Wildman–Crippen LogP) is 4.18. The van der Waals surface area contributed by atoms with Gasteiger partial charge in [-0.1, -0.05) is 29.8 Å². The smallest absolute Gasteiger partial charge is 0.0957 e. The predicted molar refractivity (Wildman–Crippen MR) is 107 cm³/mol. The summed E-state index contributed by atoms with van der Waals surface area (Å²) in [6.07, 6.45) is 15.1. The van der Waals surface area contributed by atoms with Gasteiger partial charge in [-0.25, -0.2) is 0 Å². The second-order valence-electron chi connectivity index (χ2n) is 10.4. The molecule has 0 aromatic carbocycles. The van der Waals surface area contributed by atoms with Crippen LogP contribution in [0.2, 0.25) is 0 Å². The van der Waals surface area contributed by atoms with Crippen molar-refractivity contribution in [2.45, 2.75) is 57.5 Å². The van der Waals surface area contributed by atoms with Crippen LogP contribution < -0.4 is 0 Å². The first-order valence-electron chi connectivity index (χ1n) is 11.5. The molecule has 0 bridgehead atoms. The van der Waals surface area contributed by atoms with Crippen molar-refractivity contribution in [1.29, 1.82) is 0 Å². The first-order chi connectivity index (χ1) is 13.7. The van der Waals surface area contributed by atoms with Crippen molar-refractivity contribution >= 4 is 5.71 Å². The van der Waals surface area contributed by atoms with Crippen molar-refractivity contribution in [3.05, 3.63) is 23.8 Å². The number of oxime groups is 1. The number of hydrogen-bond donors (Lipinski definition) is 2. The molecule has 0 aromatic heterocycles. The monoisotopic (exact) mass is 383 g/mol. The van der Waals surface area contributed by atoms with E-state index in [9.17, 15) is 10.3 Å². The van der Waals surface area contributed by atoms with Gasteiger partial charge in [0.25, 0.3) is 0 Å². The molecule has 6 unspecified atom stereocenters. The molecule has 0 saturated heterocycles. The van der Waals surface area contributed by atoms with E-state index in [4.69, 9.17) is 4.74 Å². The minimum Gasteiger partial charge on any atom is -0.411 e. The van der Waals surface area contributed by atoms with Crippen LogP contribution in [0.1, 0.15) is 51.9 Å². The number of aliphatic hydroxyl groups excluding tert-OH is 1. The molecule has 1 heterocycles. The molecular formula is C24H33NO3. The van der Waals surface area contributed by atoms with Crippen LogP contribution in [0.15, 0.2) is 29.0 Å². The van der Waals surface area contributed by atoms with Crippen LogP contribution >= 0.6 is 0 Å². The van der Waals surface area contributed by atoms with Crippen LogP contribution in [-0.4, -0.2) is 34.8 Å². The largest absolute Gasteiger partial charge is 0.411 e. The van der Waals surface area contributed by atoms with Crippen molar-refractivity contribution in [2.75, 3.05) is 13.2 Å². The summed E-state index contributed by atoms with van der Waals surface area (Å²) in [7, 11) is 0. The van der Waals surface area contributed by atoms with Crippen LogP contribution in [0.3, 0.4) is 0 Å². The van der Waals surface area contributed by atoms with Crippen molar-refractivity contribution in [1.82, 2.24) is 0 Å². The number of nitrogens with zero attached hydrogens (tertiary/aromatic N) is 1. The maximum Gasteiger partial charge on any atom is 0.0957 e. The highest BCUT2D eigenvalue weighted by atomic mass is 16.5. The highest BCUT2D eigenvalue weighted by molar-refractivity contribution is 5.96. The van der Waals surface area contributed by atoms with E-state index in [0.717, 1.165) is 55.3 Å². The van der Waals surface area contributed by atoms with Gasteiger partial charge in [-0.05, 0) is 86.5 Å². The highest BCUT2D eigenvalue weighted by Gasteiger charge is 2.77. The normalized spacial score (nSPS) is 54.9. The number of hydrogen-bond acceptors (Lipinski definition) is 4. The average molecular weight is 384 g/mol. The van der Waals surface area contributed by atoms with Gasteiger partial charge in [0.2, 0.25) is 0 Å². The van der Waals surface area contributed by atoms with Gasteiger partial charge in [-0.2, -0.15) is 0 Å². The lowest BCUT2D eigenvalue weighted by molar-refractivity contribution is -0.145. The third-order valence-electron chi connectivity index (χ3n) is 9.98. The van der Waals surface area contributed by atoms with Gasteiger partial charge in [0.05, 0.1) is 17.9 Å². The van der Waals surface area contributed by atoms with Crippen molar-refractivity contribution < 1.29 is 15.1 Å². The van der Waals surface area contributed by atoms with E-state index < -0.39 is 0 Å². The fourth-order valence-electron chi connectivity index (χ4n) is 9.09. The molecule has 152 valence electrons. The van der Waals surface area contributed by atoms with E-state index in [1.165, 1.54) is 31.3 Å². The van der Waals surface area contributed by atoms with Crippen LogP contribution in [0.4, 0.5) is 0 Å². The molecule has 4 nitrogen and oxygen atoms in total. The summed E-state index contributed by atoms with van der Waals surface area (Å²) in [5, 5.41) is 23.0. The Morgan fingerprint density at radius 1 is 1.21 bits per heavy atom. The summed E-state index contributed by atoms with van der Waals surface area (Å²) in [6, 6.07) is 0. The van der Waals surface area contributed by atoms with Gasteiger partial charge >= 0.3 is 0 Å². The molecule has 1 spiro atoms. The van der Waals surface area contributed by atoms with E-state index in [2.05, 4.69) is 30.3 Å². The van der Waals surface area contributed by atoms with Gasteiger partial charge in [0, 0.05) is 17.9 Å². The van der Waals surface area contributed by atoms with Gasteiger partial charge in [-0.15, -0.1) is 0 Å². The summed E-state index contributed by atoms with van der Waals surface area (Å²) in [4.78, 5) is 0. The van der Waals surface area contributed by atoms with Crippen LogP contribution in [0.5, 0.6) is 0 Å². The molecule has 4 heteroatoms. The second-order valence-corrected chi connectivity index (χ2v) is 10.4. The summed E-state index contributed by atoms with van der Waals surface area (Å²) < 4.78 is 6.57. The molecule has 5 aliphatic carbocycles. The number of ether oxygens (including phenoxy) is 1. The first kappa shape index (κ1) is 17.7. The zero-order chi connectivity index (χ0) is 19.1. The number of rotatable bonds is 2. The molecule has 0 aromatic rings. The zero-order valence-corrected chi connectivity index (χ0v) is 16.9. The Morgan fingerprint density at radius 2 is 2.11 bits per heavy atom. The van der Waals surface area contributed by atoms with Crippen LogP contribution in [0, 0.1) is 46.8 Å². The van der Waals surface area contributed by atoms with E-state index in [1.54, 1.807) is 0 Å². The quantitative estimate of drug-likeness (QED) is 0.427. The molecule has 6 aliphatic rings. The number of aliphatic hydroxyl groups is 1. The van der Waals surface area contributed by atoms with Crippen molar-refractivity contribution in [3.63, 3.8) is 0 Å². The maximum absolute atomic E-state index is 10.2. The Labute approximate surface area is 167 Å². The van der Waals surface area contributed by atoms with Crippen LogP contribution in [0.25, 0.3) is 0 Å². The Kier molecular flexibility index (Phi) is 3.76. The minimum absolute atomic E-state index is 0.0101. The Hall–Kier alpha value is -1.13. The lowest BCUT2D eigenvalue weighted by Crippen LogP contribution is -2.56. The molecule has 0 amide bonds. The van der Waals surface area contributed by atoms with E-state index >= 15 is 0 Å². The maximum atomic E-state index is 10.2. The van der Waals surface area contributed by atoms with E-state index in [-0.39, 0.29) is 18.1 Å². The second kappa shape index (κ2) is 5.95. The fourth-order valence-corrected chi connectivity index (χ4v) is 9.09. The lowest BCUT2D eigenvalue weighted by Gasteiger charge is -2.59. The van der Waals surface area contributed by atoms with Crippen LogP contribution in [-0.2, 0) is 4.74 Å². The third-order valence-corrected chi connectivity index (χ3v) is 9.98. The van der Waals surface area contributed by atoms with Crippen molar-refractivity contribution in [2.24, 2.45) is 52.0 Å². The van der Waals surface area contributed by atoms with E-state index in [1.807, 2.05) is 0 Å². The molecule has 6 rings (SSSR count). The van der Waals surface area contributed by atoms with Gasteiger partial charge in [0.1, 0.15) is 0 Å². The molecule has 1 aliphatic heterocycles. The summed E-state index contributed by atoms with van der Waals surface area (Å²) in [6.45, 7) is 3.42. The van der Waals surface area contributed by atoms with Gasteiger partial charge in [-0.3, -0.25) is 0 Å². The third kappa shape index (κ3) is 1.97. The Bertz CT molecular complexity index is 772. The zero-order valence-electron chi connectivity index (χ0n) is 16.9. The molecule has 9 atom stereocenters. The first-order valence-corrected chi connectivity index (χ1v) is 11.5. The Balaban J connectivity index is 1.41. The Morgan fingerprint density at radius 3 is 2.82 bits per heavy atom. The summed E-state index contributed by atoms with van der Waals surface area (Å²) in [5.41, 5.74) is 2.50. The van der Waals surface area contributed by atoms with E-state index in [0.29, 0.717) is 17.3 Å². The van der Waals surface area contributed by atoms with Gasteiger partial charge in [0.15, 0.2) is 0 Å². The molecule has 4 saturated carbocycles. The summed E-state index contributed by atoms with van der Waals surface area (Å²) in [5.74, 6) is 4.59. The fraction of sp³-hybridized carbons (Fsp3) is 0.792. The standard InChI is InChI=1S/C24H33NO3/c1-2-23-8-6-17-16-5-4-15(25-27)11-18(16)14(13-26)10-19(17)22(23)20-12-21(20)24(23)7-3-9-28-24/h3,7,11,14,16-17,19-22,26-27H,2,4-6,8-10,12-13H2,1H3/b25-15+/t14?,16-,17?,19?,20?,21?,22?,23+,24+/m1/s1. The molecule has 2 N–H and O–H groups in total. The topological polar surface area (TPSA) is 62.1 Å². The highest BCUT2D eigenvalue weighted by Crippen LogP contribution is 2.78. The molecular weight excluding hydrogens is 350 g/mol. The minimum atomic E-state index is 0.0101. The molecule has 0 radical (unpaired) electrons. The van der Waals surface area contributed by atoms with Gasteiger partial charge < -0.3 is 15.1 Å². The molecule has 28 heavy (non-hydrogen) atoms. The molecule has 4 fully saturated rings. The summed E-state index contributed by atoms with van der Waals surface area (Å²) >= 11 is 0. The average Bonchev–Trinajstić information content (AvgIpc) is 3.31. The van der Waals surface area contributed by atoms with Crippen molar-refractivity contribution in [3.8, 4) is 0 Å². The SMILES string of the molecule is CC[C@]12CCC3C(CC(CO)C4=C/C(=N/O)CC[C@@H]43)C1C1CC1[C@@]21C=CCO1. The lowest BCUT2D eigenvalue weighted by atomic mass is 9.46.